The molecule has 0 aliphatic rings. The number of thioether (sulfide) groups is 1. The molecule has 0 amide bonds. The normalized spacial score (nSPS) is 12.4. The van der Waals surface area contributed by atoms with Gasteiger partial charge in [-0.15, -0.1) is 11.8 Å². The molecule has 0 saturated carbocycles. The van der Waals surface area contributed by atoms with Gasteiger partial charge in [0.05, 0.1) is 5.92 Å². The van der Waals surface area contributed by atoms with E-state index in [0.29, 0.717) is 17.2 Å². The second-order valence-corrected chi connectivity index (χ2v) is 7.67. The highest BCUT2D eigenvalue weighted by atomic mass is 32.2. The topological polar surface area (TPSA) is 37.3 Å². The fraction of sp³-hybridized carbons (Fsp3) is 0.350. The van der Waals surface area contributed by atoms with Gasteiger partial charge in [-0.1, -0.05) is 57.2 Å². The van der Waals surface area contributed by atoms with Crippen LogP contribution < -0.4 is 0 Å². The van der Waals surface area contributed by atoms with Crippen molar-refractivity contribution in [1.29, 1.82) is 0 Å². The van der Waals surface area contributed by atoms with E-state index in [2.05, 4.69) is 13.8 Å². The molecule has 1 N–H and O–H groups in total. The minimum absolute atomic E-state index is 0.383. The zero-order chi connectivity index (χ0) is 17.7. The van der Waals surface area contributed by atoms with Gasteiger partial charge in [0.25, 0.3) is 0 Å². The standard InChI is InChI=1S/C20H23FO2S/c1-4-17(20(22)23)16-9-10-18(19(11-16)24-13(2)3)15-7-5-14(12-21)6-8-15/h5-11,13,17H,4,12H2,1-3H3,(H,22,23). The maximum Gasteiger partial charge on any atom is 0.310 e. The first-order valence-corrected chi connectivity index (χ1v) is 9.02. The van der Waals surface area contributed by atoms with Crippen molar-refractivity contribution in [1.82, 2.24) is 0 Å². The molecule has 0 fully saturated rings. The molecule has 0 bridgehead atoms. The average molecular weight is 346 g/mol. The number of halogens is 1. The first kappa shape index (κ1) is 18.5. The highest BCUT2D eigenvalue weighted by Crippen LogP contribution is 2.36. The number of rotatable bonds is 7. The predicted octanol–water partition coefficient (Wildman–Crippen LogP) is 5.90. The van der Waals surface area contributed by atoms with E-state index in [-0.39, 0.29) is 0 Å². The first-order valence-electron chi connectivity index (χ1n) is 8.15. The summed E-state index contributed by atoms with van der Waals surface area (Å²) in [6.07, 6.45) is 0.561. The molecule has 2 aromatic carbocycles. The molecule has 0 spiro atoms. The van der Waals surface area contributed by atoms with E-state index >= 15 is 0 Å². The number of carbonyl (C=O) groups is 1. The molecule has 1 unspecified atom stereocenters. The second-order valence-electron chi connectivity index (χ2n) is 6.05. The lowest BCUT2D eigenvalue weighted by Crippen LogP contribution is -2.10. The van der Waals surface area contributed by atoms with Crippen LogP contribution in [0.3, 0.4) is 0 Å². The summed E-state index contributed by atoms with van der Waals surface area (Å²) in [5.41, 5.74) is 3.57. The first-order chi connectivity index (χ1) is 11.5. The number of carboxylic acids is 1. The summed E-state index contributed by atoms with van der Waals surface area (Å²) in [5, 5.41) is 9.78. The van der Waals surface area contributed by atoms with E-state index in [1.54, 1.807) is 23.9 Å². The Kier molecular flexibility index (Phi) is 6.44. The Morgan fingerprint density at radius 1 is 1.17 bits per heavy atom. The van der Waals surface area contributed by atoms with Gasteiger partial charge < -0.3 is 5.11 Å². The molecule has 4 heteroatoms. The van der Waals surface area contributed by atoms with Crippen LogP contribution >= 0.6 is 11.8 Å². The maximum absolute atomic E-state index is 12.7. The second kappa shape index (κ2) is 8.34. The summed E-state index contributed by atoms with van der Waals surface area (Å²) in [6.45, 7) is 5.64. The smallest absolute Gasteiger partial charge is 0.310 e. The van der Waals surface area contributed by atoms with Crippen molar-refractivity contribution < 1.29 is 14.3 Å². The molecule has 2 nitrogen and oxygen atoms in total. The van der Waals surface area contributed by atoms with Crippen LogP contribution in [0.1, 0.15) is 44.2 Å². The van der Waals surface area contributed by atoms with Gasteiger partial charge in [0.1, 0.15) is 6.67 Å². The van der Waals surface area contributed by atoms with Crippen molar-refractivity contribution in [2.24, 2.45) is 0 Å². The zero-order valence-corrected chi connectivity index (χ0v) is 15.1. The Morgan fingerprint density at radius 2 is 1.83 bits per heavy atom. The summed E-state index contributed by atoms with van der Waals surface area (Å²) in [5.74, 6) is -1.28. The van der Waals surface area contributed by atoms with Gasteiger partial charge in [-0.25, -0.2) is 4.39 Å². The maximum atomic E-state index is 12.7. The minimum atomic E-state index is -0.793. The van der Waals surface area contributed by atoms with Crippen molar-refractivity contribution in [2.45, 2.75) is 49.9 Å². The molecule has 0 aliphatic carbocycles. The van der Waals surface area contributed by atoms with E-state index in [1.165, 1.54) is 0 Å². The van der Waals surface area contributed by atoms with Crippen LogP contribution in [0.2, 0.25) is 0 Å². The summed E-state index contributed by atoms with van der Waals surface area (Å²) >= 11 is 1.72. The Bertz CT molecular complexity index is 695. The third-order valence-electron chi connectivity index (χ3n) is 3.90. The quantitative estimate of drug-likeness (QED) is 0.634. The summed E-state index contributed by atoms with van der Waals surface area (Å²) in [4.78, 5) is 12.5. The van der Waals surface area contributed by atoms with Gasteiger partial charge in [-0.2, -0.15) is 0 Å². The summed E-state index contributed by atoms with van der Waals surface area (Å²) in [7, 11) is 0. The minimum Gasteiger partial charge on any atom is -0.481 e. The molecule has 2 aromatic rings. The molecule has 128 valence electrons. The zero-order valence-electron chi connectivity index (χ0n) is 14.3. The van der Waals surface area contributed by atoms with Gasteiger partial charge in [0.2, 0.25) is 0 Å². The molecule has 2 rings (SSSR count). The monoisotopic (exact) mass is 346 g/mol. The fourth-order valence-corrected chi connectivity index (χ4v) is 3.70. The number of hydrogen-bond acceptors (Lipinski definition) is 2. The van der Waals surface area contributed by atoms with E-state index < -0.39 is 18.6 Å². The van der Waals surface area contributed by atoms with E-state index in [0.717, 1.165) is 21.6 Å². The molecular weight excluding hydrogens is 323 g/mol. The van der Waals surface area contributed by atoms with Crippen LogP contribution in [0.25, 0.3) is 11.1 Å². The largest absolute Gasteiger partial charge is 0.481 e. The van der Waals surface area contributed by atoms with Gasteiger partial charge in [-0.3, -0.25) is 4.79 Å². The van der Waals surface area contributed by atoms with E-state index in [1.807, 2.05) is 37.3 Å². The SMILES string of the molecule is CCC(C(=O)O)c1ccc(-c2ccc(CF)cc2)c(SC(C)C)c1. The Labute approximate surface area is 147 Å². The molecule has 0 saturated heterocycles. The number of hydrogen-bond donors (Lipinski definition) is 1. The molecule has 0 aliphatic heterocycles. The highest BCUT2D eigenvalue weighted by molar-refractivity contribution is 8.00. The number of benzene rings is 2. The van der Waals surface area contributed by atoms with Crippen LogP contribution in [0, 0.1) is 0 Å². The Morgan fingerprint density at radius 3 is 2.33 bits per heavy atom. The molecule has 0 radical (unpaired) electrons. The molecule has 0 heterocycles. The number of alkyl halides is 1. The summed E-state index contributed by atoms with van der Waals surface area (Å²) < 4.78 is 12.7. The van der Waals surface area contributed by atoms with Gasteiger partial charge in [0.15, 0.2) is 0 Å². The molecule has 1 atom stereocenters. The number of carboxylic acid groups (broad SMARTS) is 1. The predicted molar refractivity (Wildman–Crippen MR) is 98.4 cm³/mol. The lowest BCUT2D eigenvalue weighted by atomic mass is 9.94. The lowest BCUT2D eigenvalue weighted by molar-refractivity contribution is -0.138. The fourth-order valence-electron chi connectivity index (χ4n) is 2.67. The third-order valence-corrected chi connectivity index (χ3v) is 4.96. The molecule has 24 heavy (non-hydrogen) atoms. The van der Waals surface area contributed by atoms with Crippen LogP contribution in [0.15, 0.2) is 47.4 Å². The van der Waals surface area contributed by atoms with E-state index in [9.17, 15) is 14.3 Å². The van der Waals surface area contributed by atoms with E-state index in [4.69, 9.17) is 0 Å². The Balaban J connectivity index is 2.48. The molecule has 0 aromatic heterocycles. The van der Waals surface area contributed by atoms with Crippen LogP contribution in [0.5, 0.6) is 0 Å². The van der Waals surface area contributed by atoms with Crippen LogP contribution in [0.4, 0.5) is 4.39 Å². The van der Waals surface area contributed by atoms with Crippen LogP contribution in [-0.4, -0.2) is 16.3 Å². The summed E-state index contributed by atoms with van der Waals surface area (Å²) in [6, 6.07) is 13.3. The van der Waals surface area contributed by atoms with Gasteiger partial charge >= 0.3 is 5.97 Å². The van der Waals surface area contributed by atoms with Crippen molar-refractivity contribution in [2.75, 3.05) is 0 Å². The lowest BCUT2D eigenvalue weighted by Gasteiger charge is -2.17. The third kappa shape index (κ3) is 4.38. The van der Waals surface area contributed by atoms with Crippen LogP contribution in [-0.2, 0) is 11.5 Å². The van der Waals surface area contributed by atoms with Crippen molar-refractivity contribution in [3.8, 4) is 11.1 Å². The van der Waals surface area contributed by atoms with Gasteiger partial charge in [-0.05, 0) is 34.7 Å². The van der Waals surface area contributed by atoms with Gasteiger partial charge in [0, 0.05) is 10.1 Å². The van der Waals surface area contributed by atoms with Crippen molar-refractivity contribution >= 4 is 17.7 Å². The Hall–Kier alpha value is -1.81. The van der Waals surface area contributed by atoms with Crippen molar-refractivity contribution in [3.05, 3.63) is 53.6 Å². The molecular formula is C20H23FO2S. The number of aliphatic carboxylic acids is 1. The van der Waals surface area contributed by atoms with Crippen molar-refractivity contribution in [3.63, 3.8) is 0 Å². The highest BCUT2D eigenvalue weighted by Gasteiger charge is 2.19. The average Bonchev–Trinajstić information content (AvgIpc) is 2.55.